The Kier molecular flexibility index (Phi) is 5.65. The fourth-order valence-corrected chi connectivity index (χ4v) is 1.88. The van der Waals surface area contributed by atoms with Gasteiger partial charge in [0.05, 0.1) is 13.2 Å². The van der Waals surface area contributed by atoms with Crippen molar-refractivity contribution >= 4 is 5.97 Å². The second-order valence-electron chi connectivity index (χ2n) is 4.40. The zero-order valence-electron chi connectivity index (χ0n) is 10.8. The van der Waals surface area contributed by atoms with Gasteiger partial charge in [0.25, 0.3) is 0 Å². The molecule has 1 aromatic rings. The van der Waals surface area contributed by atoms with E-state index in [-0.39, 0.29) is 6.42 Å². The minimum Gasteiger partial charge on any atom is -0.496 e. The largest absolute Gasteiger partial charge is 0.496 e. The molecule has 100 valence electrons. The van der Waals surface area contributed by atoms with Crippen LogP contribution in [-0.2, 0) is 4.79 Å². The van der Waals surface area contributed by atoms with Crippen LogP contribution in [0.1, 0.15) is 42.9 Å². The Morgan fingerprint density at radius 2 is 2.11 bits per heavy atom. The molecule has 0 fully saturated rings. The van der Waals surface area contributed by atoms with Crippen molar-refractivity contribution < 1.29 is 19.7 Å². The number of aryl methyl sites for hydroxylation is 1. The Bertz CT molecular complexity index is 401. The quantitative estimate of drug-likeness (QED) is 0.732. The molecule has 0 saturated carbocycles. The fourth-order valence-electron chi connectivity index (χ4n) is 1.88. The number of carbonyl (C=O) groups is 1. The molecule has 4 nitrogen and oxygen atoms in total. The van der Waals surface area contributed by atoms with Crippen LogP contribution in [0.3, 0.4) is 0 Å². The molecule has 0 aliphatic carbocycles. The summed E-state index contributed by atoms with van der Waals surface area (Å²) in [5.41, 5.74) is 1.84. The van der Waals surface area contributed by atoms with Gasteiger partial charge in [0.15, 0.2) is 0 Å². The summed E-state index contributed by atoms with van der Waals surface area (Å²) in [6, 6.07) is 5.67. The number of aliphatic hydroxyl groups excluding tert-OH is 1. The molecular weight excluding hydrogens is 232 g/mol. The van der Waals surface area contributed by atoms with Gasteiger partial charge in [-0.2, -0.15) is 0 Å². The lowest BCUT2D eigenvalue weighted by molar-refractivity contribution is -0.137. The van der Waals surface area contributed by atoms with E-state index in [4.69, 9.17) is 9.84 Å². The molecule has 18 heavy (non-hydrogen) atoms. The average molecular weight is 252 g/mol. The number of aliphatic carboxylic acids is 1. The number of carboxylic acid groups (broad SMARTS) is 1. The molecule has 0 aliphatic rings. The van der Waals surface area contributed by atoms with Gasteiger partial charge >= 0.3 is 5.97 Å². The second kappa shape index (κ2) is 7.01. The standard InChI is InChI=1S/C14H20O4/c1-10-7-8-13(18-2)11(9-10)12(15)5-3-4-6-14(16)17/h7-9,12,15H,3-6H2,1-2H3,(H,16,17). The van der Waals surface area contributed by atoms with E-state index in [1.54, 1.807) is 7.11 Å². The number of hydrogen-bond acceptors (Lipinski definition) is 3. The Morgan fingerprint density at radius 3 is 2.72 bits per heavy atom. The molecule has 0 heterocycles. The lowest BCUT2D eigenvalue weighted by Gasteiger charge is -2.15. The lowest BCUT2D eigenvalue weighted by Crippen LogP contribution is -2.02. The first-order valence-corrected chi connectivity index (χ1v) is 6.09. The predicted octanol–water partition coefficient (Wildman–Crippen LogP) is 2.68. The van der Waals surface area contributed by atoms with E-state index in [0.29, 0.717) is 25.0 Å². The van der Waals surface area contributed by atoms with Crippen LogP contribution in [0, 0.1) is 6.92 Å². The minimum atomic E-state index is -0.794. The number of aliphatic hydroxyl groups is 1. The van der Waals surface area contributed by atoms with Gasteiger partial charge in [-0.1, -0.05) is 11.6 Å². The Labute approximate surface area is 107 Å². The van der Waals surface area contributed by atoms with Crippen LogP contribution in [-0.4, -0.2) is 23.3 Å². The molecule has 0 amide bonds. The van der Waals surface area contributed by atoms with Crippen molar-refractivity contribution in [1.82, 2.24) is 0 Å². The Balaban J connectivity index is 2.57. The van der Waals surface area contributed by atoms with Gasteiger partial charge in [0.2, 0.25) is 0 Å². The minimum absolute atomic E-state index is 0.150. The van der Waals surface area contributed by atoms with Gasteiger partial charge in [0.1, 0.15) is 5.75 Å². The van der Waals surface area contributed by atoms with Crippen LogP contribution in [0.5, 0.6) is 5.75 Å². The molecule has 1 unspecified atom stereocenters. The van der Waals surface area contributed by atoms with Crippen molar-refractivity contribution in [3.8, 4) is 5.75 Å². The summed E-state index contributed by atoms with van der Waals surface area (Å²) >= 11 is 0. The topological polar surface area (TPSA) is 66.8 Å². The van der Waals surface area contributed by atoms with E-state index in [2.05, 4.69) is 0 Å². The van der Waals surface area contributed by atoms with Crippen LogP contribution in [0.2, 0.25) is 0 Å². The summed E-state index contributed by atoms with van der Waals surface area (Å²) in [5, 5.41) is 18.6. The molecule has 0 aliphatic heterocycles. The molecule has 0 aromatic heterocycles. The summed E-state index contributed by atoms with van der Waals surface area (Å²) in [6.45, 7) is 1.96. The molecule has 1 atom stereocenters. The first-order valence-electron chi connectivity index (χ1n) is 6.09. The zero-order valence-corrected chi connectivity index (χ0v) is 10.8. The van der Waals surface area contributed by atoms with Crippen molar-refractivity contribution in [1.29, 1.82) is 0 Å². The Morgan fingerprint density at radius 1 is 1.39 bits per heavy atom. The second-order valence-corrected chi connectivity index (χ2v) is 4.40. The SMILES string of the molecule is COc1ccc(C)cc1C(O)CCCCC(=O)O. The third-order valence-corrected chi connectivity index (χ3v) is 2.86. The van der Waals surface area contributed by atoms with E-state index in [1.807, 2.05) is 25.1 Å². The first kappa shape index (κ1) is 14.5. The van der Waals surface area contributed by atoms with Crippen molar-refractivity contribution in [3.63, 3.8) is 0 Å². The van der Waals surface area contributed by atoms with Crippen LogP contribution in [0.25, 0.3) is 0 Å². The third kappa shape index (κ3) is 4.37. The maximum Gasteiger partial charge on any atom is 0.303 e. The van der Waals surface area contributed by atoms with E-state index in [9.17, 15) is 9.90 Å². The van der Waals surface area contributed by atoms with E-state index < -0.39 is 12.1 Å². The normalized spacial score (nSPS) is 12.2. The maximum atomic E-state index is 10.4. The smallest absolute Gasteiger partial charge is 0.303 e. The predicted molar refractivity (Wildman–Crippen MR) is 68.8 cm³/mol. The average Bonchev–Trinajstić information content (AvgIpc) is 2.34. The van der Waals surface area contributed by atoms with E-state index in [0.717, 1.165) is 11.1 Å². The number of ether oxygens (including phenoxy) is 1. The molecule has 1 rings (SSSR count). The number of carboxylic acids is 1. The number of benzene rings is 1. The highest BCUT2D eigenvalue weighted by molar-refractivity contribution is 5.66. The molecule has 0 radical (unpaired) electrons. The fraction of sp³-hybridized carbons (Fsp3) is 0.500. The molecule has 0 spiro atoms. The monoisotopic (exact) mass is 252 g/mol. The molecule has 0 saturated heterocycles. The maximum absolute atomic E-state index is 10.4. The highest BCUT2D eigenvalue weighted by atomic mass is 16.5. The van der Waals surface area contributed by atoms with Crippen molar-refractivity contribution in [2.24, 2.45) is 0 Å². The first-order chi connectivity index (χ1) is 8.54. The summed E-state index contributed by atoms with van der Waals surface area (Å²) < 4.78 is 5.21. The van der Waals surface area contributed by atoms with Crippen LogP contribution >= 0.6 is 0 Å². The van der Waals surface area contributed by atoms with Gasteiger partial charge in [-0.15, -0.1) is 0 Å². The number of methoxy groups -OCH3 is 1. The molecular formula is C14H20O4. The third-order valence-electron chi connectivity index (χ3n) is 2.86. The lowest BCUT2D eigenvalue weighted by atomic mass is 10.0. The van der Waals surface area contributed by atoms with Gasteiger partial charge < -0.3 is 14.9 Å². The van der Waals surface area contributed by atoms with Crippen LogP contribution < -0.4 is 4.74 Å². The number of rotatable bonds is 7. The van der Waals surface area contributed by atoms with Crippen LogP contribution in [0.4, 0.5) is 0 Å². The summed E-state index contributed by atoms with van der Waals surface area (Å²) in [6.07, 6.45) is 1.37. The van der Waals surface area contributed by atoms with Gasteiger partial charge in [-0.3, -0.25) is 4.79 Å². The molecule has 0 bridgehead atoms. The summed E-state index contributed by atoms with van der Waals surface area (Å²) in [4.78, 5) is 10.4. The van der Waals surface area contributed by atoms with Crippen molar-refractivity contribution in [3.05, 3.63) is 29.3 Å². The molecule has 4 heteroatoms. The molecule has 1 aromatic carbocycles. The van der Waals surface area contributed by atoms with Gasteiger partial charge in [-0.25, -0.2) is 0 Å². The highest BCUT2D eigenvalue weighted by Gasteiger charge is 2.13. The number of unbranched alkanes of at least 4 members (excludes halogenated alkanes) is 1. The van der Waals surface area contributed by atoms with E-state index in [1.165, 1.54) is 0 Å². The summed E-state index contributed by atoms with van der Waals surface area (Å²) in [5.74, 6) is -0.121. The van der Waals surface area contributed by atoms with Gasteiger partial charge in [0, 0.05) is 12.0 Å². The van der Waals surface area contributed by atoms with Gasteiger partial charge in [-0.05, 0) is 38.3 Å². The van der Waals surface area contributed by atoms with Crippen molar-refractivity contribution in [2.45, 2.75) is 38.7 Å². The summed E-state index contributed by atoms with van der Waals surface area (Å²) in [7, 11) is 1.57. The van der Waals surface area contributed by atoms with Crippen LogP contribution in [0.15, 0.2) is 18.2 Å². The van der Waals surface area contributed by atoms with Crippen molar-refractivity contribution in [2.75, 3.05) is 7.11 Å². The highest BCUT2D eigenvalue weighted by Crippen LogP contribution is 2.29. The van der Waals surface area contributed by atoms with E-state index >= 15 is 0 Å². The molecule has 2 N–H and O–H groups in total. The zero-order chi connectivity index (χ0) is 13.5. The number of hydrogen-bond donors (Lipinski definition) is 2. The Hall–Kier alpha value is -1.55.